The Balaban J connectivity index is 1.30. The third kappa shape index (κ3) is 5.55. The Morgan fingerprint density at radius 3 is 2.76 bits per heavy atom. The molecule has 33 heavy (non-hydrogen) atoms. The molecule has 0 spiro atoms. The van der Waals surface area contributed by atoms with Crippen molar-refractivity contribution in [3.05, 3.63) is 47.4 Å². The van der Waals surface area contributed by atoms with E-state index in [1.165, 1.54) is 19.1 Å². The van der Waals surface area contributed by atoms with Crippen LogP contribution in [-0.4, -0.2) is 36.2 Å². The fourth-order valence-electron chi connectivity index (χ4n) is 5.12. The topological polar surface area (TPSA) is 93.5 Å². The van der Waals surface area contributed by atoms with Gasteiger partial charge in [-0.05, 0) is 49.6 Å². The molecule has 2 saturated carbocycles. The third-order valence-electron chi connectivity index (χ3n) is 7.08. The van der Waals surface area contributed by atoms with E-state index in [2.05, 4.69) is 33.8 Å². The minimum absolute atomic E-state index is 0.0516. The fourth-order valence-corrected chi connectivity index (χ4v) is 6.10. The van der Waals surface area contributed by atoms with Gasteiger partial charge in [-0.2, -0.15) is 0 Å². The normalized spacial score (nSPS) is 24.3. The second-order valence-electron chi connectivity index (χ2n) is 9.11. The van der Waals surface area contributed by atoms with Crippen LogP contribution < -0.4 is 10.6 Å². The van der Waals surface area contributed by atoms with Crippen molar-refractivity contribution in [3.8, 4) is 0 Å². The van der Waals surface area contributed by atoms with E-state index in [0.717, 1.165) is 43.4 Å². The van der Waals surface area contributed by atoms with Crippen LogP contribution >= 0.6 is 11.3 Å². The van der Waals surface area contributed by atoms with E-state index in [-0.39, 0.29) is 30.4 Å². The Labute approximate surface area is 198 Å². The van der Waals surface area contributed by atoms with Crippen LogP contribution in [0.3, 0.4) is 0 Å². The number of carbonyl (C=O) groups is 2. The number of ether oxygens (including phenoxy) is 1. The summed E-state index contributed by atoms with van der Waals surface area (Å²) in [5.74, 6) is 0.734. The molecule has 1 amide bonds. The molecule has 0 bridgehead atoms. The second kappa shape index (κ2) is 11.1. The quantitative estimate of drug-likeness (QED) is 0.226. The molecule has 2 aromatic heterocycles. The van der Waals surface area contributed by atoms with E-state index in [1.54, 1.807) is 17.4 Å². The molecule has 7 nitrogen and oxygen atoms in total. The lowest BCUT2D eigenvalue weighted by molar-refractivity contribution is -0.169. The lowest BCUT2D eigenvalue weighted by Crippen LogP contribution is -2.48. The third-order valence-corrected chi connectivity index (χ3v) is 8.15. The van der Waals surface area contributed by atoms with Crippen LogP contribution in [0.15, 0.2) is 47.0 Å². The number of thiophene rings is 1. The largest absolute Gasteiger partial charge is 0.461 e. The summed E-state index contributed by atoms with van der Waals surface area (Å²) in [6, 6.07) is 5.72. The number of amides is 1. The summed E-state index contributed by atoms with van der Waals surface area (Å²) >= 11 is 1.67. The molecule has 2 unspecified atom stereocenters. The van der Waals surface area contributed by atoms with E-state index in [4.69, 9.17) is 9.26 Å². The van der Waals surface area contributed by atoms with Crippen molar-refractivity contribution >= 4 is 29.0 Å². The van der Waals surface area contributed by atoms with Crippen LogP contribution in [0.25, 0.3) is 0 Å². The minimum atomic E-state index is -0.494. The van der Waals surface area contributed by atoms with Gasteiger partial charge in [-0.15, -0.1) is 17.9 Å². The average molecular weight is 472 g/mol. The van der Waals surface area contributed by atoms with Crippen LogP contribution in [0, 0.1) is 11.8 Å². The van der Waals surface area contributed by atoms with E-state index in [9.17, 15) is 9.59 Å². The summed E-state index contributed by atoms with van der Waals surface area (Å²) in [5.41, 5.74) is -0.494. The SMILES string of the molecule is C=CC1C[C@H](OC(=O)C2(c3cccs3)CCCCCC2)C1CCNCC(=O)Nc1ccon1. The van der Waals surface area contributed by atoms with Crippen molar-refractivity contribution in [2.24, 2.45) is 11.8 Å². The second-order valence-corrected chi connectivity index (χ2v) is 10.1. The van der Waals surface area contributed by atoms with Crippen LogP contribution in [0.4, 0.5) is 5.82 Å². The minimum Gasteiger partial charge on any atom is -0.461 e. The first-order valence-corrected chi connectivity index (χ1v) is 12.8. The predicted molar refractivity (Wildman–Crippen MR) is 128 cm³/mol. The maximum Gasteiger partial charge on any atom is 0.317 e. The zero-order chi connectivity index (χ0) is 23.1. The summed E-state index contributed by atoms with van der Waals surface area (Å²) in [7, 11) is 0. The zero-order valence-corrected chi connectivity index (χ0v) is 19.8. The number of anilines is 1. The van der Waals surface area contributed by atoms with Crippen LogP contribution in [-0.2, 0) is 19.7 Å². The number of aromatic nitrogens is 1. The smallest absolute Gasteiger partial charge is 0.317 e. The first kappa shape index (κ1) is 23.7. The molecule has 2 aliphatic rings. The lowest BCUT2D eigenvalue weighted by Gasteiger charge is -2.44. The fraction of sp³-hybridized carbons (Fsp3) is 0.560. The Morgan fingerprint density at radius 1 is 1.27 bits per heavy atom. The van der Waals surface area contributed by atoms with E-state index in [0.29, 0.717) is 18.3 Å². The average Bonchev–Trinajstić information content (AvgIpc) is 3.47. The maximum absolute atomic E-state index is 13.6. The van der Waals surface area contributed by atoms with Gasteiger partial charge < -0.3 is 19.9 Å². The monoisotopic (exact) mass is 471 g/mol. The molecule has 8 heteroatoms. The van der Waals surface area contributed by atoms with Gasteiger partial charge in [-0.3, -0.25) is 9.59 Å². The number of nitrogens with zero attached hydrogens (tertiary/aromatic N) is 1. The first-order valence-electron chi connectivity index (χ1n) is 11.9. The number of carbonyl (C=O) groups excluding carboxylic acids is 2. The van der Waals surface area contributed by atoms with Gasteiger partial charge in [0.15, 0.2) is 5.82 Å². The molecular formula is C25H33N3O4S. The molecule has 2 aliphatic carbocycles. The summed E-state index contributed by atoms with van der Waals surface area (Å²) in [4.78, 5) is 26.7. The standard InChI is InChI=1S/C25H33N3O4S/c1-2-18-16-20(19(18)9-13-26-17-23(29)27-22-10-14-31-28-22)32-24(30)25(21-8-7-15-33-21)11-5-3-4-6-12-25/h2,7-8,10,14-15,18-20,26H,1,3-6,9,11-13,16-17H2,(H,27,28,29)/t18?,19?,20-/m0/s1. The maximum atomic E-state index is 13.6. The van der Waals surface area contributed by atoms with Crippen LogP contribution in [0.5, 0.6) is 0 Å². The number of nitrogens with one attached hydrogen (secondary N) is 2. The highest BCUT2D eigenvalue weighted by atomic mass is 32.1. The summed E-state index contributed by atoms with van der Waals surface area (Å²) in [6.45, 7) is 4.81. The molecule has 0 aromatic carbocycles. The van der Waals surface area contributed by atoms with Crippen molar-refractivity contribution in [2.75, 3.05) is 18.4 Å². The van der Waals surface area contributed by atoms with Gasteiger partial charge in [0.25, 0.3) is 0 Å². The van der Waals surface area contributed by atoms with E-state index >= 15 is 0 Å². The molecular weight excluding hydrogens is 438 g/mol. The van der Waals surface area contributed by atoms with Crippen molar-refractivity contribution in [3.63, 3.8) is 0 Å². The lowest BCUT2D eigenvalue weighted by atomic mass is 9.69. The van der Waals surface area contributed by atoms with Gasteiger partial charge in [0.1, 0.15) is 17.8 Å². The number of esters is 1. The molecule has 0 radical (unpaired) electrons. The first-order chi connectivity index (χ1) is 16.1. The van der Waals surface area contributed by atoms with E-state index < -0.39 is 5.41 Å². The molecule has 0 saturated heterocycles. The van der Waals surface area contributed by atoms with Crippen molar-refractivity contribution in [1.29, 1.82) is 0 Å². The number of rotatable bonds is 10. The molecule has 178 valence electrons. The molecule has 3 atom stereocenters. The summed E-state index contributed by atoms with van der Waals surface area (Å²) in [5, 5.41) is 11.6. The van der Waals surface area contributed by atoms with Gasteiger partial charge in [0, 0.05) is 16.9 Å². The predicted octanol–water partition coefficient (Wildman–Crippen LogP) is 4.68. The number of hydrogen-bond donors (Lipinski definition) is 2. The molecule has 2 heterocycles. The van der Waals surface area contributed by atoms with Gasteiger partial charge in [0.05, 0.1) is 6.54 Å². The highest BCUT2D eigenvalue weighted by molar-refractivity contribution is 7.10. The molecule has 2 N–H and O–H groups in total. The van der Waals surface area contributed by atoms with Gasteiger partial charge in [-0.25, -0.2) is 0 Å². The number of allylic oxidation sites excluding steroid dienone is 1. The molecule has 2 fully saturated rings. The van der Waals surface area contributed by atoms with E-state index in [1.807, 2.05) is 12.1 Å². The summed E-state index contributed by atoms with van der Waals surface area (Å²) in [6.07, 6.45) is 11.2. The zero-order valence-electron chi connectivity index (χ0n) is 19.0. The van der Waals surface area contributed by atoms with Crippen molar-refractivity contribution < 1.29 is 18.8 Å². The molecule has 4 rings (SSSR count). The van der Waals surface area contributed by atoms with Gasteiger partial charge >= 0.3 is 5.97 Å². The Hall–Kier alpha value is -2.45. The van der Waals surface area contributed by atoms with Crippen LogP contribution in [0.2, 0.25) is 0 Å². The summed E-state index contributed by atoms with van der Waals surface area (Å²) < 4.78 is 10.9. The highest BCUT2D eigenvalue weighted by Gasteiger charge is 2.47. The van der Waals surface area contributed by atoms with Crippen molar-refractivity contribution in [2.45, 2.75) is 62.9 Å². The van der Waals surface area contributed by atoms with Gasteiger partial charge in [0.2, 0.25) is 5.91 Å². The number of hydrogen-bond acceptors (Lipinski definition) is 7. The Morgan fingerprint density at radius 2 is 2.09 bits per heavy atom. The molecule has 0 aliphatic heterocycles. The Bertz CT molecular complexity index is 904. The van der Waals surface area contributed by atoms with Crippen LogP contribution in [0.1, 0.15) is 56.2 Å². The Kier molecular flexibility index (Phi) is 7.98. The van der Waals surface area contributed by atoms with Gasteiger partial charge in [-0.1, -0.05) is 43.0 Å². The molecule has 2 aromatic rings. The van der Waals surface area contributed by atoms with Crippen molar-refractivity contribution in [1.82, 2.24) is 10.5 Å². The highest BCUT2D eigenvalue weighted by Crippen LogP contribution is 2.45.